The zero-order valence-corrected chi connectivity index (χ0v) is 8.50. The SMILES string of the molecule is Cc1ccc(CC(=O)O)c(C#N)c1C(F)F. The van der Waals surface area contributed by atoms with Gasteiger partial charge in [0.05, 0.1) is 18.1 Å². The van der Waals surface area contributed by atoms with Crippen LogP contribution < -0.4 is 0 Å². The number of hydrogen-bond acceptors (Lipinski definition) is 2. The number of carboxylic acids is 1. The number of carbonyl (C=O) groups is 1. The average Bonchev–Trinajstić information content (AvgIpc) is 2.18. The molecule has 16 heavy (non-hydrogen) atoms. The van der Waals surface area contributed by atoms with Crippen LogP contribution in [0.5, 0.6) is 0 Å². The number of benzene rings is 1. The molecule has 0 atom stereocenters. The molecule has 1 aromatic rings. The summed E-state index contributed by atoms with van der Waals surface area (Å²) in [5, 5.41) is 17.4. The van der Waals surface area contributed by atoms with Crippen molar-refractivity contribution in [3.05, 3.63) is 34.4 Å². The van der Waals surface area contributed by atoms with Crippen LogP contribution in [0.2, 0.25) is 0 Å². The van der Waals surface area contributed by atoms with E-state index in [1.165, 1.54) is 19.1 Å². The van der Waals surface area contributed by atoms with Crippen molar-refractivity contribution in [3.63, 3.8) is 0 Å². The van der Waals surface area contributed by atoms with Gasteiger partial charge in [-0.1, -0.05) is 12.1 Å². The van der Waals surface area contributed by atoms with Gasteiger partial charge in [0.25, 0.3) is 6.43 Å². The Kier molecular flexibility index (Phi) is 3.56. The summed E-state index contributed by atoms with van der Waals surface area (Å²) in [4.78, 5) is 10.5. The van der Waals surface area contributed by atoms with Crippen molar-refractivity contribution in [2.75, 3.05) is 0 Å². The molecule has 0 aliphatic carbocycles. The first-order chi connectivity index (χ1) is 7.47. The van der Waals surface area contributed by atoms with E-state index < -0.39 is 18.8 Å². The molecule has 0 amide bonds. The lowest BCUT2D eigenvalue weighted by Gasteiger charge is -2.10. The molecule has 0 aliphatic heterocycles. The van der Waals surface area contributed by atoms with Crippen LogP contribution in [0, 0.1) is 18.3 Å². The number of carboxylic acid groups (broad SMARTS) is 1. The predicted molar refractivity (Wildman–Crippen MR) is 52.2 cm³/mol. The molecule has 0 bridgehead atoms. The topological polar surface area (TPSA) is 61.1 Å². The van der Waals surface area contributed by atoms with Gasteiger partial charge in [0.2, 0.25) is 0 Å². The Hall–Kier alpha value is -1.96. The Balaban J connectivity index is 3.38. The fraction of sp³-hybridized carbons (Fsp3) is 0.273. The molecular weight excluding hydrogens is 216 g/mol. The number of halogens is 2. The quantitative estimate of drug-likeness (QED) is 0.859. The van der Waals surface area contributed by atoms with Gasteiger partial charge in [-0.2, -0.15) is 5.26 Å². The minimum Gasteiger partial charge on any atom is -0.481 e. The highest BCUT2D eigenvalue weighted by Gasteiger charge is 2.19. The number of hydrogen-bond donors (Lipinski definition) is 1. The first-order valence-corrected chi connectivity index (χ1v) is 4.49. The van der Waals surface area contributed by atoms with Crippen molar-refractivity contribution in [1.29, 1.82) is 5.26 Å². The molecule has 1 aromatic carbocycles. The van der Waals surface area contributed by atoms with Crippen molar-refractivity contribution in [3.8, 4) is 6.07 Å². The van der Waals surface area contributed by atoms with Gasteiger partial charge in [0.15, 0.2) is 0 Å². The van der Waals surface area contributed by atoms with E-state index in [4.69, 9.17) is 10.4 Å². The second-order valence-corrected chi connectivity index (χ2v) is 3.31. The lowest BCUT2D eigenvalue weighted by molar-refractivity contribution is -0.136. The van der Waals surface area contributed by atoms with Gasteiger partial charge < -0.3 is 5.11 Å². The number of nitriles is 1. The summed E-state index contributed by atoms with van der Waals surface area (Å²) in [7, 11) is 0. The molecule has 0 saturated carbocycles. The number of alkyl halides is 2. The Morgan fingerprint density at radius 1 is 1.56 bits per heavy atom. The maximum atomic E-state index is 12.7. The van der Waals surface area contributed by atoms with Crippen LogP contribution >= 0.6 is 0 Å². The summed E-state index contributed by atoms with van der Waals surface area (Å²) in [6.45, 7) is 1.47. The monoisotopic (exact) mass is 225 g/mol. The summed E-state index contributed by atoms with van der Waals surface area (Å²) in [6.07, 6.45) is -3.20. The Labute approximate surface area is 90.9 Å². The summed E-state index contributed by atoms with van der Waals surface area (Å²) < 4.78 is 25.4. The molecule has 0 spiro atoms. The number of aliphatic carboxylic acids is 1. The Morgan fingerprint density at radius 2 is 2.19 bits per heavy atom. The summed E-state index contributed by atoms with van der Waals surface area (Å²) >= 11 is 0. The lowest BCUT2D eigenvalue weighted by atomic mass is 9.96. The molecule has 0 aromatic heterocycles. The van der Waals surface area contributed by atoms with Crippen molar-refractivity contribution >= 4 is 5.97 Å². The van der Waals surface area contributed by atoms with Gasteiger partial charge in [-0.15, -0.1) is 0 Å². The van der Waals surface area contributed by atoms with Gasteiger partial charge in [0, 0.05) is 5.56 Å². The normalized spacial score (nSPS) is 10.2. The van der Waals surface area contributed by atoms with Gasteiger partial charge in [-0.3, -0.25) is 4.79 Å². The van der Waals surface area contributed by atoms with E-state index in [1.54, 1.807) is 6.07 Å². The second kappa shape index (κ2) is 4.71. The van der Waals surface area contributed by atoms with Crippen LogP contribution in [0.4, 0.5) is 8.78 Å². The van der Waals surface area contributed by atoms with Gasteiger partial charge in [0.1, 0.15) is 0 Å². The molecule has 0 unspecified atom stereocenters. The van der Waals surface area contributed by atoms with Crippen LogP contribution in [0.25, 0.3) is 0 Å². The number of nitrogens with zero attached hydrogens (tertiary/aromatic N) is 1. The molecule has 3 nitrogen and oxygen atoms in total. The molecule has 1 N–H and O–H groups in total. The molecule has 0 fully saturated rings. The molecule has 84 valence electrons. The summed E-state index contributed by atoms with van der Waals surface area (Å²) in [6, 6.07) is 4.45. The van der Waals surface area contributed by atoms with Crippen LogP contribution in [-0.2, 0) is 11.2 Å². The molecule has 0 radical (unpaired) electrons. The van der Waals surface area contributed by atoms with Crippen LogP contribution in [0.15, 0.2) is 12.1 Å². The predicted octanol–water partition coefficient (Wildman–Crippen LogP) is 2.43. The van der Waals surface area contributed by atoms with Crippen molar-refractivity contribution in [2.24, 2.45) is 0 Å². The van der Waals surface area contributed by atoms with Crippen molar-refractivity contribution in [1.82, 2.24) is 0 Å². The zero-order valence-electron chi connectivity index (χ0n) is 8.50. The van der Waals surface area contributed by atoms with E-state index in [0.29, 0.717) is 5.56 Å². The number of rotatable bonds is 3. The van der Waals surface area contributed by atoms with Crippen molar-refractivity contribution < 1.29 is 18.7 Å². The fourth-order valence-corrected chi connectivity index (χ4v) is 1.49. The molecule has 0 heterocycles. The molecule has 1 rings (SSSR count). The average molecular weight is 225 g/mol. The van der Waals surface area contributed by atoms with Gasteiger partial charge in [-0.05, 0) is 18.1 Å². The highest BCUT2D eigenvalue weighted by molar-refractivity contribution is 5.72. The van der Waals surface area contributed by atoms with Crippen LogP contribution in [0.1, 0.15) is 28.7 Å². The third kappa shape index (κ3) is 2.34. The molecular formula is C11H9F2NO2. The third-order valence-electron chi connectivity index (χ3n) is 2.22. The summed E-state index contributed by atoms with van der Waals surface area (Å²) in [5.74, 6) is -1.15. The van der Waals surface area contributed by atoms with Crippen LogP contribution in [0.3, 0.4) is 0 Å². The Bertz CT molecular complexity index is 464. The fourth-order valence-electron chi connectivity index (χ4n) is 1.49. The minimum absolute atomic E-state index is 0.121. The van der Waals surface area contributed by atoms with Gasteiger partial charge >= 0.3 is 5.97 Å². The van der Waals surface area contributed by atoms with E-state index in [1.807, 2.05) is 0 Å². The van der Waals surface area contributed by atoms with E-state index in [-0.39, 0.29) is 16.7 Å². The van der Waals surface area contributed by atoms with Gasteiger partial charge in [-0.25, -0.2) is 8.78 Å². The van der Waals surface area contributed by atoms with E-state index in [0.717, 1.165) is 0 Å². The minimum atomic E-state index is -2.77. The lowest BCUT2D eigenvalue weighted by Crippen LogP contribution is -2.06. The largest absolute Gasteiger partial charge is 0.481 e. The zero-order chi connectivity index (χ0) is 12.3. The molecule has 5 heteroatoms. The highest BCUT2D eigenvalue weighted by Crippen LogP contribution is 2.28. The van der Waals surface area contributed by atoms with E-state index >= 15 is 0 Å². The van der Waals surface area contributed by atoms with Crippen molar-refractivity contribution in [2.45, 2.75) is 19.8 Å². The van der Waals surface area contributed by atoms with E-state index in [9.17, 15) is 13.6 Å². The maximum Gasteiger partial charge on any atom is 0.307 e. The first-order valence-electron chi connectivity index (χ1n) is 4.49. The second-order valence-electron chi connectivity index (χ2n) is 3.31. The number of aryl methyl sites for hydroxylation is 1. The maximum absolute atomic E-state index is 12.7. The Morgan fingerprint density at radius 3 is 2.62 bits per heavy atom. The highest BCUT2D eigenvalue weighted by atomic mass is 19.3. The van der Waals surface area contributed by atoms with Crippen LogP contribution in [-0.4, -0.2) is 11.1 Å². The third-order valence-corrected chi connectivity index (χ3v) is 2.22. The summed E-state index contributed by atoms with van der Waals surface area (Å²) in [5.41, 5.74) is -0.185. The first kappa shape index (κ1) is 12.1. The van der Waals surface area contributed by atoms with E-state index in [2.05, 4.69) is 0 Å². The molecule has 0 saturated heterocycles. The smallest absolute Gasteiger partial charge is 0.307 e. The molecule has 0 aliphatic rings. The standard InChI is InChI=1S/C11H9F2NO2/c1-6-2-3-7(4-9(15)16)8(5-14)10(6)11(12)13/h2-3,11H,4H2,1H3,(H,15,16).